The summed E-state index contributed by atoms with van der Waals surface area (Å²) < 4.78 is 25.7. The molecule has 15 heavy (non-hydrogen) atoms. The molecule has 0 atom stereocenters. The molecule has 0 radical (unpaired) electrons. The maximum atomic E-state index is 12.9. The maximum absolute atomic E-state index is 12.9. The first-order valence-electron chi connectivity index (χ1n) is 5.87. The summed E-state index contributed by atoms with van der Waals surface area (Å²) in [6.45, 7) is 8.38. The van der Waals surface area contributed by atoms with Crippen molar-refractivity contribution in [3.8, 4) is 0 Å². The van der Waals surface area contributed by atoms with Crippen molar-refractivity contribution in [2.75, 3.05) is 13.1 Å². The SMILES string of the molecule is CC(C)(C)CNCC1CCC(F)(F)CC1. The van der Waals surface area contributed by atoms with Gasteiger partial charge in [-0.1, -0.05) is 20.8 Å². The molecular weight excluding hydrogens is 196 g/mol. The van der Waals surface area contributed by atoms with Gasteiger partial charge in [0, 0.05) is 12.8 Å². The number of hydrogen-bond donors (Lipinski definition) is 1. The first-order chi connectivity index (χ1) is 6.79. The molecule has 1 nitrogen and oxygen atoms in total. The van der Waals surface area contributed by atoms with E-state index in [-0.39, 0.29) is 18.3 Å². The highest BCUT2D eigenvalue weighted by molar-refractivity contribution is 4.79. The third kappa shape index (κ3) is 5.45. The van der Waals surface area contributed by atoms with Crippen LogP contribution in [0.5, 0.6) is 0 Å². The summed E-state index contributed by atoms with van der Waals surface area (Å²) in [6, 6.07) is 0. The fourth-order valence-corrected chi connectivity index (χ4v) is 1.96. The Labute approximate surface area is 91.6 Å². The molecule has 90 valence electrons. The third-order valence-corrected chi connectivity index (χ3v) is 2.93. The molecule has 0 aromatic carbocycles. The molecule has 0 aliphatic heterocycles. The number of hydrogen-bond acceptors (Lipinski definition) is 1. The lowest BCUT2D eigenvalue weighted by Crippen LogP contribution is -2.34. The van der Waals surface area contributed by atoms with Gasteiger partial charge in [-0.15, -0.1) is 0 Å². The summed E-state index contributed by atoms with van der Waals surface area (Å²) in [5.74, 6) is -1.94. The number of alkyl halides is 2. The van der Waals surface area contributed by atoms with Crippen LogP contribution in [0.25, 0.3) is 0 Å². The van der Waals surface area contributed by atoms with Gasteiger partial charge < -0.3 is 5.32 Å². The van der Waals surface area contributed by atoms with Crippen molar-refractivity contribution in [1.82, 2.24) is 5.32 Å². The van der Waals surface area contributed by atoms with E-state index in [4.69, 9.17) is 0 Å². The van der Waals surface area contributed by atoms with Gasteiger partial charge in [-0.3, -0.25) is 0 Å². The third-order valence-electron chi connectivity index (χ3n) is 2.93. The van der Waals surface area contributed by atoms with E-state index in [1.54, 1.807) is 0 Å². The van der Waals surface area contributed by atoms with Crippen LogP contribution in [0.2, 0.25) is 0 Å². The highest BCUT2D eigenvalue weighted by Gasteiger charge is 2.34. The van der Waals surface area contributed by atoms with E-state index in [1.165, 1.54) is 0 Å². The smallest absolute Gasteiger partial charge is 0.248 e. The minimum absolute atomic E-state index is 0.0782. The van der Waals surface area contributed by atoms with Gasteiger partial charge in [0.25, 0.3) is 0 Å². The summed E-state index contributed by atoms with van der Waals surface area (Å²) in [5, 5.41) is 3.38. The van der Waals surface area contributed by atoms with Crippen LogP contribution in [-0.2, 0) is 0 Å². The Morgan fingerprint density at radius 3 is 2.20 bits per heavy atom. The molecule has 3 heteroatoms. The van der Waals surface area contributed by atoms with Crippen molar-refractivity contribution in [1.29, 1.82) is 0 Å². The van der Waals surface area contributed by atoms with E-state index in [1.807, 2.05) is 0 Å². The van der Waals surface area contributed by atoms with Gasteiger partial charge in [0.15, 0.2) is 0 Å². The van der Waals surface area contributed by atoms with Crippen LogP contribution in [0, 0.1) is 11.3 Å². The van der Waals surface area contributed by atoms with E-state index in [2.05, 4.69) is 26.1 Å². The fourth-order valence-electron chi connectivity index (χ4n) is 1.96. The molecule has 0 unspecified atom stereocenters. The van der Waals surface area contributed by atoms with Gasteiger partial charge >= 0.3 is 0 Å². The molecule has 1 aliphatic carbocycles. The highest BCUT2D eigenvalue weighted by atomic mass is 19.3. The molecule has 0 heterocycles. The molecule has 0 saturated heterocycles. The summed E-state index contributed by atoms with van der Waals surface area (Å²) in [7, 11) is 0. The zero-order valence-electron chi connectivity index (χ0n) is 10.1. The van der Waals surface area contributed by atoms with E-state index in [0.29, 0.717) is 18.8 Å². The minimum Gasteiger partial charge on any atom is -0.316 e. The number of rotatable bonds is 3. The second-order valence-corrected chi connectivity index (χ2v) is 5.99. The molecule has 0 spiro atoms. The molecule has 1 fully saturated rings. The molecule has 0 amide bonds. The fraction of sp³-hybridized carbons (Fsp3) is 1.00. The summed E-state index contributed by atoms with van der Waals surface area (Å²) in [5.41, 5.74) is 0.276. The zero-order valence-corrected chi connectivity index (χ0v) is 10.1. The quantitative estimate of drug-likeness (QED) is 0.766. The molecule has 0 bridgehead atoms. The van der Waals surface area contributed by atoms with Crippen LogP contribution in [-0.4, -0.2) is 19.0 Å². The average Bonchev–Trinajstić information content (AvgIpc) is 2.06. The first-order valence-corrected chi connectivity index (χ1v) is 5.87. The Hall–Kier alpha value is -0.180. The van der Waals surface area contributed by atoms with E-state index in [0.717, 1.165) is 13.1 Å². The minimum atomic E-state index is -2.39. The zero-order chi connectivity index (χ0) is 11.5. The van der Waals surface area contributed by atoms with Crippen molar-refractivity contribution in [2.45, 2.75) is 52.4 Å². The van der Waals surface area contributed by atoms with Gasteiger partial charge in [0.1, 0.15) is 0 Å². The molecule has 0 aromatic rings. The monoisotopic (exact) mass is 219 g/mol. The van der Waals surface area contributed by atoms with Crippen molar-refractivity contribution in [3.63, 3.8) is 0 Å². The molecule has 1 N–H and O–H groups in total. The predicted molar refractivity (Wildman–Crippen MR) is 59.2 cm³/mol. The van der Waals surface area contributed by atoms with Gasteiger partial charge in [0.05, 0.1) is 0 Å². The first kappa shape index (κ1) is 12.9. The Bertz CT molecular complexity index is 186. The van der Waals surface area contributed by atoms with Crippen LogP contribution in [0.15, 0.2) is 0 Å². The number of halogens is 2. The van der Waals surface area contributed by atoms with E-state index in [9.17, 15) is 8.78 Å². The van der Waals surface area contributed by atoms with Gasteiger partial charge in [-0.05, 0) is 37.3 Å². The topological polar surface area (TPSA) is 12.0 Å². The van der Waals surface area contributed by atoms with Crippen LogP contribution in [0.1, 0.15) is 46.5 Å². The molecule has 1 aliphatic rings. The van der Waals surface area contributed by atoms with E-state index >= 15 is 0 Å². The lowest BCUT2D eigenvalue weighted by Gasteiger charge is -2.29. The normalized spacial score (nSPS) is 23.0. The molecule has 1 rings (SSSR count). The predicted octanol–water partition coefficient (Wildman–Crippen LogP) is 3.45. The lowest BCUT2D eigenvalue weighted by molar-refractivity contribution is -0.0455. The van der Waals surface area contributed by atoms with Gasteiger partial charge in [-0.2, -0.15) is 0 Å². The number of nitrogens with one attached hydrogen (secondary N) is 1. The van der Waals surface area contributed by atoms with E-state index < -0.39 is 5.92 Å². The van der Waals surface area contributed by atoms with Crippen LogP contribution >= 0.6 is 0 Å². The largest absolute Gasteiger partial charge is 0.316 e. The van der Waals surface area contributed by atoms with Crippen molar-refractivity contribution in [3.05, 3.63) is 0 Å². The standard InChI is InChI=1S/C12H23F2N/c1-11(2,3)9-15-8-10-4-6-12(13,14)7-5-10/h10,15H,4-9H2,1-3H3. The molecular formula is C12H23F2N. The maximum Gasteiger partial charge on any atom is 0.248 e. The second kappa shape index (κ2) is 4.77. The average molecular weight is 219 g/mol. The highest BCUT2D eigenvalue weighted by Crippen LogP contribution is 2.35. The molecule has 0 aromatic heterocycles. The van der Waals surface area contributed by atoms with Crippen LogP contribution < -0.4 is 5.32 Å². The van der Waals surface area contributed by atoms with Crippen LogP contribution in [0.4, 0.5) is 8.78 Å². The lowest BCUT2D eigenvalue weighted by atomic mass is 9.86. The summed E-state index contributed by atoms with van der Waals surface area (Å²) in [4.78, 5) is 0. The van der Waals surface area contributed by atoms with Crippen molar-refractivity contribution < 1.29 is 8.78 Å². The second-order valence-electron chi connectivity index (χ2n) is 5.99. The molecule has 1 saturated carbocycles. The van der Waals surface area contributed by atoms with Crippen molar-refractivity contribution >= 4 is 0 Å². The Balaban J connectivity index is 2.14. The van der Waals surface area contributed by atoms with Gasteiger partial charge in [-0.25, -0.2) is 8.78 Å². The Morgan fingerprint density at radius 1 is 1.20 bits per heavy atom. The summed E-state index contributed by atoms with van der Waals surface area (Å²) >= 11 is 0. The van der Waals surface area contributed by atoms with Gasteiger partial charge in [0.2, 0.25) is 5.92 Å². The Morgan fingerprint density at radius 2 is 1.73 bits per heavy atom. The Kier molecular flexibility index (Phi) is 4.10. The van der Waals surface area contributed by atoms with Crippen molar-refractivity contribution in [2.24, 2.45) is 11.3 Å². The summed E-state index contributed by atoms with van der Waals surface area (Å²) in [6.07, 6.45) is 1.50. The van der Waals surface area contributed by atoms with Crippen LogP contribution in [0.3, 0.4) is 0 Å².